The Balaban J connectivity index is 2.00. The standard InChI is InChI=1S/C21H19F3N4O2/c22-21(23,24)17-10-13(12-25)9-16(28-17)20(19(26)30)8-4-5-14(11-20)18(29)27-15-6-2-1-3-7-15/h1-10H,11-12,25H2,(H2,26,30)(H,27,29). The first kappa shape index (κ1) is 21.3. The topological polar surface area (TPSA) is 111 Å². The smallest absolute Gasteiger partial charge is 0.369 e. The molecule has 1 aliphatic rings. The number of carbonyl (C=O) groups is 2. The molecule has 0 saturated heterocycles. The fourth-order valence-corrected chi connectivity index (χ4v) is 3.19. The van der Waals surface area contributed by atoms with Crippen LogP contribution >= 0.6 is 0 Å². The number of rotatable bonds is 5. The molecule has 0 radical (unpaired) electrons. The maximum Gasteiger partial charge on any atom is 0.433 e. The lowest BCUT2D eigenvalue weighted by molar-refractivity contribution is -0.141. The Hall–Kier alpha value is -3.46. The van der Waals surface area contributed by atoms with Gasteiger partial charge in [-0.2, -0.15) is 13.2 Å². The number of allylic oxidation sites excluding steroid dienone is 2. The van der Waals surface area contributed by atoms with Crippen LogP contribution in [-0.2, 0) is 27.7 Å². The monoisotopic (exact) mass is 416 g/mol. The zero-order valence-corrected chi connectivity index (χ0v) is 15.7. The minimum atomic E-state index is -4.74. The van der Waals surface area contributed by atoms with Crippen LogP contribution in [0, 0.1) is 0 Å². The highest BCUT2D eigenvalue weighted by Gasteiger charge is 2.43. The number of nitrogens with two attached hydrogens (primary N) is 2. The Morgan fingerprint density at radius 3 is 2.47 bits per heavy atom. The van der Waals surface area contributed by atoms with Crippen LogP contribution in [0.15, 0.2) is 66.3 Å². The summed E-state index contributed by atoms with van der Waals surface area (Å²) in [5, 5.41) is 2.68. The SMILES string of the molecule is NCc1cc(C(F)(F)F)nc(C2(C(N)=O)C=CC=C(C(=O)Nc3ccccc3)C2)c1. The van der Waals surface area contributed by atoms with Crippen LogP contribution in [0.2, 0.25) is 0 Å². The largest absolute Gasteiger partial charge is 0.433 e. The molecule has 1 aromatic heterocycles. The minimum absolute atomic E-state index is 0.145. The third-order valence-corrected chi connectivity index (χ3v) is 4.78. The first-order valence-corrected chi connectivity index (χ1v) is 8.99. The molecule has 2 aromatic rings. The Labute approximate surface area is 170 Å². The number of carbonyl (C=O) groups excluding carboxylic acids is 2. The first-order chi connectivity index (χ1) is 14.2. The van der Waals surface area contributed by atoms with E-state index >= 15 is 0 Å². The van der Waals surface area contributed by atoms with Crippen molar-refractivity contribution in [2.75, 3.05) is 5.32 Å². The number of aromatic nitrogens is 1. The predicted molar refractivity (Wildman–Crippen MR) is 105 cm³/mol. The molecule has 0 saturated carbocycles. The summed E-state index contributed by atoms with van der Waals surface area (Å²) >= 11 is 0. The number of alkyl halides is 3. The molecular weight excluding hydrogens is 397 g/mol. The van der Waals surface area contributed by atoms with Gasteiger partial charge in [0.25, 0.3) is 5.91 Å². The molecule has 2 amide bonds. The van der Waals surface area contributed by atoms with Gasteiger partial charge in [-0.15, -0.1) is 0 Å². The number of primary amides is 1. The van der Waals surface area contributed by atoms with Crippen LogP contribution in [0.3, 0.4) is 0 Å². The van der Waals surface area contributed by atoms with Gasteiger partial charge in [0.1, 0.15) is 11.1 Å². The van der Waals surface area contributed by atoms with E-state index < -0.39 is 29.1 Å². The Morgan fingerprint density at radius 2 is 1.87 bits per heavy atom. The van der Waals surface area contributed by atoms with E-state index in [1.54, 1.807) is 30.3 Å². The maximum atomic E-state index is 13.3. The second-order valence-electron chi connectivity index (χ2n) is 6.83. The number of anilines is 1. The van der Waals surface area contributed by atoms with Crippen molar-refractivity contribution in [3.05, 3.63) is 83.2 Å². The van der Waals surface area contributed by atoms with Gasteiger partial charge in [-0.25, -0.2) is 4.98 Å². The van der Waals surface area contributed by atoms with Gasteiger partial charge < -0.3 is 16.8 Å². The Bertz CT molecular complexity index is 1030. The second kappa shape index (κ2) is 8.11. The number of nitrogens with one attached hydrogen (secondary N) is 1. The third kappa shape index (κ3) is 4.25. The number of benzene rings is 1. The van der Waals surface area contributed by atoms with Crippen molar-refractivity contribution in [2.24, 2.45) is 11.5 Å². The molecule has 5 N–H and O–H groups in total. The molecule has 6 nitrogen and oxygen atoms in total. The van der Waals surface area contributed by atoms with Gasteiger partial charge in [0.05, 0.1) is 5.69 Å². The van der Waals surface area contributed by atoms with Crippen LogP contribution in [-0.4, -0.2) is 16.8 Å². The van der Waals surface area contributed by atoms with Crippen molar-refractivity contribution in [1.82, 2.24) is 4.98 Å². The highest BCUT2D eigenvalue weighted by molar-refractivity contribution is 6.05. The van der Waals surface area contributed by atoms with Gasteiger partial charge in [-0.1, -0.05) is 36.4 Å². The molecule has 1 aliphatic carbocycles. The molecule has 3 rings (SSSR count). The van der Waals surface area contributed by atoms with Gasteiger partial charge in [0.15, 0.2) is 0 Å². The summed E-state index contributed by atoms with van der Waals surface area (Å²) in [4.78, 5) is 28.8. The average molecular weight is 416 g/mol. The van der Waals surface area contributed by atoms with Crippen molar-refractivity contribution in [1.29, 1.82) is 0 Å². The van der Waals surface area contributed by atoms with Crippen molar-refractivity contribution in [3.63, 3.8) is 0 Å². The van der Waals surface area contributed by atoms with E-state index in [0.717, 1.165) is 6.07 Å². The first-order valence-electron chi connectivity index (χ1n) is 8.99. The lowest BCUT2D eigenvalue weighted by atomic mass is 9.74. The van der Waals surface area contributed by atoms with Gasteiger partial charge >= 0.3 is 6.18 Å². The molecule has 0 spiro atoms. The molecule has 1 unspecified atom stereocenters. The highest BCUT2D eigenvalue weighted by atomic mass is 19.4. The number of hydrogen-bond acceptors (Lipinski definition) is 4. The quantitative estimate of drug-likeness (QED) is 0.696. The molecule has 0 bridgehead atoms. The van der Waals surface area contributed by atoms with Gasteiger partial charge in [0, 0.05) is 24.2 Å². The van der Waals surface area contributed by atoms with Crippen molar-refractivity contribution >= 4 is 17.5 Å². The number of hydrogen-bond donors (Lipinski definition) is 3. The molecule has 1 atom stereocenters. The van der Waals surface area contributed by atoms with E-state index in [-0.39, 0.29) is 29.8 Å². The number of amides is 2. The van der Waals surface area contributed by atoms with Crippen molar-refractivity contribution < 1.29 is 22.8 Å². The van der Waals surface area contributed by atoms with Gasteiger partial charge in [0.2, 0.25) is 5.91 Å². The molecule has 0 fully saturated rings. The van der Waals surface area contributed by atoms with Crippen LogP contribution in [0.25, 0.3) is 0 Å². The lowest BCUT2D eigenvalue weighted by Crippen LogP contribution is -2.43. The number of para-hydroxylation sites is 1. The fourth-order valence-electron chi connectivity index (χ4n) is 3.19. The molecule has 9 heteroatoms. The maximum absolute atomic E-state index is 13.3. The summed E-state index contributed by atoms with van der Waals surface area (Å²) in [7, 11) is 0. The van der Waals surface area contributed by atoms with Gasteiger partial charge in [-0.3, -0.25) is 9.59 Å². The highest BCUT2D eigenvalue weighted by Crippen LogP contribution is 2.37. The van der Waals surface area contributed by atoms with Crippen LogP contribution in [0.5, 0.6) is 0 Å². The van der Waals surface area contributed by atoms with E-state index in [0.29, 0.717) is 5.69 Å². The van der Waals surface area contributed by atoms with Crippen molar-refractivity contribution in [2.45, 2.75) is 24.6 Å². The summed E-state index contributed by atoms with van der Waals surface area (Å²) in [6, 6.07) is 10.7. The van der Waals surface area contributed by atoms with E-state index in [4.69, 9.17) is 11.5 Å². The zero-order chi connectivity index (χ0) is 21.9. The molecule has 1 aromatic carbocycles. The Morgan fingerprint density at radius 1 is 1.17 bits per heavy atom. The number of pyridine rings is 1. The van der Waals surface area contributed by atoms with E-state index in [1.807, 2.05) is 0 Å². The van der Waals surface area contributed by atoms with Crippen LogP contribution < -0.4 is 16.8 Å². The normalized spacial score (nSPS) is 18.6. The lowest BCUT2D eigenvalue weighted by Gasteiger charge is -2.30. The fraction of sp³-hybridized carbons (Fsp3) is 0.190. The Kier molecular flexibility index (Phi) is 5.75. The molecule has 1 heterocycles. The number of nitrogens with zero attached hydrogens (tertiary/aromatic N) is 1. The summed E-state index contributed by atoms with van der Waals surface area (Å²) in [5.74, 6) is -1.42. The van der Waals surface area contributed by atoms with Crippen LogP contribution in [0.4, 0.5) is 18.9 Å². The second-order valence-corrected chi connectivity index (χ2v) is 6.83. The summed E-state index contributed by atoms with van der Waals surface area (Å²) in [6.45, 7) is -0.186. The summed E-state index contributed by atoms with van der Waals surface area (Å²) < 4.78 is 39.9. The zero-order valence-electron chi connectivity index (χ0n) is 15.7. The predicted octanol–water partition coefficient (Wildman–Crippen LogP) is 2.81. The third-order valence-electron chi connectivity index (χ3n) is 4.78. The molecular formula is C21H19F3N4O2. The summed E-state index contributed by atoms with van der Waals surface area (Å²) in [6.07, 6.45) is -0.719. The molecule has 156 valence electrons. The average Bonchev–Trinajstić information content (AvgIpc) is 2.73. The van der Waals surface area contributed by atoms with E-state index in [2.05, 4.69) is 10.3 Å². The molecule has 0 aliphatic heterocycles. The minimum Gasteiger partial charge on any atom is -0.369 e. The van der Waals surface area contributed by atoms with Crippen molar-refractivity contribution in [3.8, 4) is 0 Å². The van der Waals surface area contributed by atoms with E-state index in [9.17, 15) is 22.8 Å². The number of halogens is 3. The molecule has 30 heavy (non-hydrogen) atoms. The van der Waals surface area contributed by atoms with Gasteiger partial charge in [-0.05, 0) is 29.8 Å². The summed E-state index contributed by atoms with van der Waals surface area (Å²) in [5.41, 5.74) is 8.88. The van der Waals surface area contributed by atoms with Crippen LogP contribution in [0.1, 0.15) is 23.4 Å². The van der Waals surface area contributed by atoms with E-state index in [1.165, 1.54) is 24.3 Å².